The lowest BCUT2D eigenvalue weighted by atomic mass is 9.94. The Bertz CT molecular complexity index is 2370. The molecule has 2 aliphatic heterocycles. The molecule has 14 heteroatoms. The van der Waals surface area contributed by atoms with Gasteiger partial charge in [-0.1, -0.05) is 121 Å². The summed E-state index contributed by atoms with van der Waals surface area (Å²) in [6.45, 7) is -1.19. The number of carbonyl (C=O) groups is 1. The van der Waals surface area contributed by atoms with Gasteiger partial charge in [0.1, 0.15) is 30.1 Å². The van der Waals surface area contributed by atoms with Crippen molar-refractivity contribution in [1.29, 1.82) is 0 Å². The summed E-state index contributed by atoms with van der Waals surface area (Å²) in [6.07, 6.45) is -5.77. The molecule has 61 heavy (non-hydrogen) atoms. The Morgan fingerprint density at radius 3 is 1.87 bits per heavy atom. The van der Waals surface area contributed by atoms with Crippen molar-refractivity contribution in [3.63, 3.8) is 0 Å². The minimum Gasteiger partial charge on any atom is -0.497 e. The first-order valence-corrected chi connectivity index (χ1v) is 20.7. The summed E-state index contributed by atoms with van der Waals surface area (Å²) in [7, 11) is 0.248. The lowest BCUT2D eigenvalue weighted by molar-refractivity contribution is -0.350. The maximum absolute atomic E-state index is 15.2. The van der Waals surface area contributed by atoms with Gasteiger partial charge < -0.3 is 33.7 Å². The standard InChI is InChI=1S/C47H39F5NO7P/c1-55-30-23-21-29(22-24-30)46-58-27-35-43(60-46)44(56-26-34-37(48)39(50)41(52)40(51)38(34)49)42(47(59-35)57-25-28-13-5-2-6-14-28)53-45(54)33-19-11-12-20-36(33)61(31-15-7-3-8-16-31)32-17-9-4-10-18-32/h2-24,35,42-44,46-47H,25-27H2,1H3,(H,53,54)/t35-,42-,43-,44-,46-,47+/m1/s1. The lowest BCUT2D eigenvalue weighted by Gasteiger charge is -2.49. The maximum Gasteiger partial charge on any atom is 0.252 e. The number of carbonyl (C=O) groups excluding carboxylic acids is 1. The molecule has 8 rings (SSSR count). The fourth-order valence-electron chi connectivity index (χ4n) is 7.38. The van der Waals surface area contributed by atoms with Crippen LogP contribution in [0.25, 0.3) is 0 Å². The lowest BCUT2D eigenvalue weighted by Crippen LogP contribution is -2.67. The minimum absolute atomic E-state index is 0.000284. The van der Waals surface area contributed by atoms with E-state index in [0.717, 1.165) is 21.5 Å². The van der Waals surface area contributed by atoms with Crippen molar-refractivity contribution < 1.29 is 55.2 Å². The van der Waals surface area contributed by atoms with E-state index in [1.807, 2.05) is 103 Å². The second-order valence-electron chi connectivity index (χ2n) is 14.2. The van der Waals surface area contributed by atoms with Gasteiger partial charge in [0.2, 0.25) is 5.82 Å². The van der Waals surface area contributed by atoms with Gasteiger partial charge in [0, 0.05) is 11.1 Å². The number of methoxy groups -OCH3 is 1. The summed E-state index contributed by atoms with van der Waals surface area (Å²) in [4.78, 5) is 14.9. The minimum atomic E-state index is -2.30. The molecule has 6 atom stereocenters. The van der Waals surface area contributed by atoms with E-state index < -0.39 is 92.0 Å². The number of nitrogens with one attached hydrogen (secondary N) is 1. The molecule has 6 aromatic carbocycles. The Morgan fingerprint density at radius 1 is 0.672 bits per heavy atom. The average molecular weight is 856 g/mol. The molecule has 0 unspecified atom stereocenters. The largest absolute Gasteiger partial charge is 0.497 e. The molecule has 8 nitrogen and oxygen atoms in total. The van der Waals surface area contributed by atoms with Crippen LogP contribution in [0.2, 0.25) is 0 Å². The summed E-state index contributed by atoms with van der Waals surface area (Å²) in [5, 5.41) is 5.73. The molecule has 1 amide bonds. The predicted molar refractivity (Wildman–Crippen MR) is 218 cm³/mol. The van der Waals surface area contributed by atoms with E-state index in [1.54, 1.807) is 36.4 Å². The van der Waals surface area contributed by atoms with E-state index in [4.69, 9.17) is 28.4 Å². The van der Waals surface area contributed by atoms with Crippen molar-refractivity contribution >= 4 is 29.7 Å². The molecule has 0 spiro atoms. The molecule has 0 aromatic heterocycles. The number of hydrogen-bond donors (Lipinski definition) is 1. The van der Waals surface area contributed by atoms with Crippen LogP contribution in [0.1, 0.15) is 33.3 Å². The zero-order valence-corrected chi connectivity index (χ0v) is 33.5. The van der Waals surface area contributed by atoms with Gasteiger partial charge in [-0.05, 0) is 47.6 Å². The van der Waals surface area contributed by atoms with E-state index in [2.05, 4.69) is 5.32 Å². The van der Waals surface area contributed by atoms with Crippen LogP contribution < -0.4 is 26.0 Å². The Kier molecular flexibility index (Phi) is 13.2. The maximum atomic E-state index is 15.2. The number of benzene rings is 6. The van der Waals surface area contributed by atoms with Gasteiger partial charge in [-0.15, -0.1) is 0 Å². The molecule has 2 fully saturated rings. The fourth-order valence-corrected chi connectivity index (χ4v) is 9.82. The molecular weight excluding hydrogens is 816 g/mol. The smallest absolute Gasteiger partial charge is 0.252 e. The first-order valence-electron chi connectivity index (χ1n) is 19.4. The van der Waals surface area contributed by atoms with Crippen LogP contribution in [0.15, 0.2) is 140 Å². The molecule has 0 bridgehead atoms. The monoisotopic (exact) mass is 855 g/mol. The van der Waals surface area contributed by atoms with Crippen molar-refractivity contribution in [2.45, 2.75) is 50.1 Å². The Balaban J connectivity index is 1.19. The van der Waals surface area contributed by atoms with Crippen molar-refractivity contribution in [3.05, 3.63) is 191 Å². The van der Waals surface area contributed by atoms with Crippen LogP contribution in [0.3, 0.4) is 0 Å². The Labute approximate surface area is 349 Å². The van der Waals surface area contributed by atoms with Gasteiger partial charge in [-0.3, -0.25) is 4.79 Å². The molecule has 0 aliphatic carbocycles. The molecule has 2 heterocycles. The van der Waals surface area contributed by atoms with Crippen LogP contribution >= 0.6 is 7.92 Å². The van der Waals surface area contributed by atoms with E-state index in [-0.39, 0.29) is 13.2 Å². The third-order valence-corrected chi connectivity index (χ3v) is 12.9. The third-order valence-electron chi connectivity index (χ3n) is 10.4. The summed E-state index contributed by atoms with van der Waals surface area (Å²) >= 11 is 0. The molecule has 1 N–H and O–H groups in total. The molecule has 2 aliphatic rings. The van der Waals surface area contributed by atoms with Crippen LogP contribution in [0.5, 0.6) is 5.75 Å². The number of rotatable bonds is 13. The number of amides is 1. The number of ether oxygens (including phenoxy) is 6. The molecule has 6 aromatic rings. The highest BCUT2D eigenvalue weighted by Gasteiger charge is 2.52. The van der Waals surface area contributed by atoms with Crippen LogP contribution in [0, 0.1) is 29.1 Å². The zero-order valence-electron chi connectivity index (χ0n) is 32.6. The molecule has 314 valence electrons. The zero-order chi connectivity index (χ0) is 42.5. The highest BCUT2D eigenvalue weighted by Crippen LogP contribution is 2.38. The number of fused-ring (bicyclic) bond motifs is 1. The van der Waals surface area contributed by atoms with Gasteiger partial charge in [-0.25, -0.2) is 22.0 Å². The number of hydrogen-bond acceptors (Lipinski definition) is 7. The van der Waals surface area contributed by atoms with Crippen LogP contribution in [-0.4, -0.2) is 50.3 Å². The molecular formula is C47H39F5NO7P. The second-order valence-corrected chi connectivity index (χ2v) is 16.4. The van der Waals surface area contributed by atoms with Gasteiger partial charge >= 0.3 is 0 Å². The normalized spacial score (nSPS) is 21.2. The van der Waals surface area contributed by atoms with E-state index >= 15 is 8.78 Å². The molecule has 2 saturated heterocycles. The molecule has 0 saturated carbocycles. The first-order chi connectivity index (χ1) is 29.7. The van der Waals surface area contributed by atoms with Gasteiger partial charge in [0.25, 0.3) is 5.91 Å². The van der Waals surface area contributed by atoms with Crippen molar-refractivity contribution in [2.75, 3.05) is 13.7 Å². The highest BCUT2D eigenvalue weighted by molar-refractivity contribution is 7.80. The van der Waals surface area contributed by atoms with Gasteiger partial charge in [-0.2, -0.15) is 0 Å². The summed E-state index contributed by atoms with van der Waals surface area (Å²) in [5.74, 6) is -10.6. The van der Waals surface area contributed by atoms with E-state index in [1.165, 1.54) is 7.11 Å². The predicted octanol–water partition coefficient (Wildman–Crippen LogP) is 7.89. The Hall–Kier alpha value is -5.53. The van der Waals surface area contributed by atoms with Gasteiger partial charge in [0.15, 0.2) is 35.8 Å². The van der Waals surface area contributed by atoms with E-state index in [0.29, 0.717) is 16.9 Å². The van der Waals surface area contributed by atoms with Gasteiger partial charge in [0.05, 0.1) is 32.5 Å². The fraction of sp³-hybridized carbons (Fsp3) is 0.213. The SMILES string of the molecule is COc1ccc([C@@H]2OC[C@H]3O[C@H](OCc4ccccc4)[C@H](NC(=O)c4ccccc4P(c4ccccc4)c4ccccc4)[C@@H](OCc4c(F)c(F)c(F)c(F)c4F)[C@@H]3O2)cc1. The second kappa shape index (κ2) is 19.0. The average Bonchev–Trinajstić information content (AvgIpc) is 3.31. The third kappa shape index (κ3) is 9.09. The summed E-state index contributed by atoms with van der Waals surface area (Å²) in [5.41, 5.74) is 0.444. The van der Waals surface area contributed by atoms with E-state index in [9.17, 15) is 18.0 Å². The summed E-state index contributed by atoms with van der Waals surface area (Å²) < 4.78 is 110. The van der Waals surface area contributed by atoms with Crippen LogP contribution in [-0.2, 0) is 36.9 Å². The highest BCUT2D eigenvalue weighted by atomic mass is 31.1. The summed E-state index contributed by atoms with van der Waals surface area (Å²) in [6, 6.07) is 41.4. The van der Waals surface area contributed by atoms with Crippen molar-refractivity contribution in [1.82, 2.24) is 5.32 Å². The topological polar surface area (TPSA) is 84.5 Å². The van der Waals surface area contributed by atoms with Crippen molar-refractivity contribution in [3.8, 4) is 5.75 Å². The Morgan fingerprint density at radius 2 is 1.25 bits per heavy atom. The van der Waals surface area contributed by atoms with Crippen molar-refractivity contribution in [2.24, 2.45) is 0 Å². The number of halogens is 5. The quantitative estimate of drug-likeness (QED) is 0.0548. The molecule has 0 radical (unpaired) electrons. The first kappa shape index (κ1) is 42.2. The van der Waals surface area contributed by atoms with Crippen LogP contribution in [0.4, 0.5) is 22.0 Å².